The van der Waals surface area contributed by atoms with Gasteiger partial charge in [-0.15, -0.1) is 0 Å². The zero-order chi connectivity index (χ0) is 23.5. The van der Waals surface area contributed by atoms with Crippen molar-refractivity contribution < 1.29 is 85.3 Å². The fraction of sp³-hybridized carbons (Fsp3) is 0.800. The second-order valence-corrected chi connectivity index (χ2v) is 5.03. The van der Waals surface area contributed by atoms with Crippen LogP contribution in [-0.4, -0.2) is 60.6 Å². The summed E-state index contributed by atoms with van der Waals surface area (Å²) in [7, 11) is 0. The number of ether oxygens (including phenoxy) is 3. The molecule has 0 radical (unpaired) electrons. The maximum absolute atomic E-state index is 14.4. The summed E-state index contributed by atoms with van der Waals surface area (Å²) in [5.41, 5.74) is 0. The summed E-state index contributed by atoms with van der Waals surface area (Å²) in [5.74, 6) is -29.7. The molecule has 0 spiro atoms. The highest BCUT2D eigenvalue weighted by molar-refractivity contribution is 5.81. The topological polar surface area (TPSA) is 61.8 Å². The zero-order valence-corrected chi connectivity index (χ0v) is 12.5. The van der Waals surface area contributed by atoms with Gasteiger partial charge in [0.15, 0.2) is 6.67 Å². The molecule has 29 heavy (non-hydrogen) atoms. The Morgan fingerprint density at radius 1 is 0.931 bits per heavy atom. The normalized spacial score (nSPS) is 30.5. The van der Waals surface area contributed by atoms with Gasteiger partial charge in [0.25, 0.3) is 0 Å². The molecule has 1 aliphatic heterocycles. The number of alkyl halides is 13. The summed E-state index contributed by atoms with van der Waals surface area (Å²) in [6, 6.07) is -4.45. The standard InChI is InChI=1S/C10H2F14O5/c11-1-4(13,28-5(14,2(12)25)8(16,17)18)7(10(22,23)24)27-3(26)6(15,29-7)9(19,20)21/h1H2. The Morgan fingerprint density at radius 2 is 1.38 bits per heavy atom. The Bertz CT molecular complexity index is 686. The molecule has 4 unspecified atom stereocenters. The monoisotopic (exact) mass is 468 g/mol. The molecular formula is C10H2F14O5. The summed E-state index contributed by atoms with van der Waals surface area (Å²) < 4.78 is 188. The second kappa shape index (κ2) is 6.54. The van der Waals surface area contributed by atoms with Crippen molar-refractivity contribution in [3.8, 4) is 0 Å². The Balaban J connectivity index is 3.74. The first-order valence-corrected chi connectivity index (χ1v) is 6.21. The van der Waals surface area contributed by atoms with Crippen LogP contribution in [0.15, 0.2) is 0 Å². The molecule has 0 N–H and O–H groups in total. The van der Waals surface area contributed by atoms with Crippen LogP contribution < -0.4 is 0 Å². The van der Waals surface area contributed by atoms with Crippen LogP contribution in [0.2, 0.25) is 0 Å². The molecule has 0 aromatic carbocycles. The van der Waals surface area contributed by atoms with Gasteiger partial charge in [0.2, 0.25) is 0 Å². The highest BCUT2D eigenvalue weighted by Crippen LogP contribution is 2.57. The first-order valence-electron chi connectivity index (χ1n) is 6.21. The average Bonchev–Trinajstić information content (AvgIpc) is 2.79. The van der Waals surface area contributed by atoms with E-state index in [2.05, 4.69) is 14.2 Å². The number of rotatable bonds is 5. The number of esters is 1. The van der Waals surface area contributed by atoms with E-state index in [1.54, 1.807) is 0 Å². The predicted molar refractivity (Wildman–Crippen MR) is 52.8 cm³/mol. The predicted octanol–water partition coefficient (Wildman–Crippen LogP) is 3.42. The highest BCUT2D eigenvalue weighted by atomic mass is 19.4. The minimum absolute atomic E-state index is 2.25. The first kappa shape index (κ1) is 25.1. The van der Waals surface area contributed by atoms with Crippen molar-refractivity contribution in [2.75, 3.05) is 6.67 Å². The lowest BCUT2D eigenvalue weighted by Crippen LogP contribution is -2.69. The van der Waals surface area contributed by atoms with Crippen molar-refractivity contribution in [2.45, 2.75) is 41.9 Å². The first-order chi connectivity index (χ1) is 12.5. The number of carbonyl (C=O) groups excluding carboxylic acids is 2. The highest BCUT2D eigenvalue weighted by Gasteiger charge is 2.88. The van der Waals surface area contributed by atoms with Gasteiger partial charge in [-0.3, -0.25) is 14.3 Å². The van der Waals surface area contributed by atoms with Crippen LogP contribution in [0.1, 0.15) is 0 Å². The molecule has 0 amide bonds. The van der Waals surface area contributed by atoms with E-state index >= 15 is 0 Å². The molecule has 0 aromatic heterocycles. The van der Waals surface area contributed by atoms with Gasteiger partial charge in [0, 0.05) is 0 Å². The van der Waals surface area contributed by atoms with Crippen LogP contribution in [0.5, 0.6) is 0 Å². The van der Waals surface area contributed by atoms with E-state index in [-0.39, 0.29) is 0 Å². The summed E-state index contributed by atoms with van der Waals surface area (Å²) in [6.45, 7) is -3.83. The lowest BCUT2D eigenvalue weighted by molar-refractivity contribution is -0.488. The minimum Gasteiger partial charge on any atom is -0.413 e. The van der Waals surface area contributed by atoms with Gasteiger partial charge in [-0.2, -0.15) is 52.7 Å². The second-order valence-electron chi connectivity index (χ2n) is 5.03. The number of hydrogen-bond donors (Lipinski definition) is 0. The number of hydrogen-bond acceptors (Lipinski definition) is 5. The van der Waals surface area contributed by atoms with Crippen LogP contribution in [0.4, 0.5) is 61.5 Å². The fourth-order valence-corrected chi connectivity index (χ4v) is 1.72. The van der Waals surface area contributed by atoms with E-state index < -0.39 is 60.6 Å². The van der Waals surface area contributed by atoms with Gasteiger partial charge in [0.05, 0.1) is 0 Å². The minimum atomic E-state index is -7.12. The molecule has 0 aliphatic carbocycles. The molecule has 0 aromatic rings. The van der Waals surface area contributed by atoms with Crippen molar-refractivity contribution in [3.05, 3.63) is 0 Å². The van der Waals surface area contributed by atoms with Gasteiger partial charge < -0.3 is 4.74 Å². The van der Waals surface area contributed by atoms with E-state index in [1.807, 2.05) is 0 Å². The lowest BCUT2D eigenvalue weighted by Gasteiger charge is -2.41. The lowest BCUT2D eigenvalue weighted by atomic mass is 10.1. The SMILES string of the molecule is O=C(F)C(F)(OC(F)(CF)C1(C(F)(F)F)OC(=O)C(F)(C(F)(F)F)O1)C(F)(F)F. The summed E-state index contributed by atoms with van der Waals surface area (Å²) in [5, 5.41) is 0. The van der Waals surface area contributed by atoms with Gasteiger partial charge in [-0.05, 0) is 0 Å². The number of halogens is 14. The molecule has 1 heterocycles. The van der Waals surface area contributed by atoms with E-state index in [0.29, 0.717) is 0 Å². The molecule has 5 nitrogen and oxygen atoms in total. The van der Waals surface area contributed by atoms with Crippen LogP contribution in [0.25, 0.3) is 0 Å². The van der Waals surface area contributed by atoms with Crippen molar-refractivity contribution in [1.29, 1.82) is 0 Å². The van der Waals surface area contributed by atoms with Crippen LogP contribution >= 0.6 is 0 Å². The van der Waals surface area contributed by atoms with Crippen LogP contribution in [-0.2, 0) is 23.8 Å². The molecule has 0 saturated carbocycles. The van der Waals surface area contributed by atoms with Crippen LogP contribution in [0.3, 0.4) is 0 Å². The molecular weight excluding hydrogens is 466 g/mol. The Kier molecular flexibility index (Phi) is 5.67. The smallest absolute Gasteiger partial charge is 0.413 e. The Morgan fingerprint density at radius 3 is 1.62 bits per heavy atom. The Hall–Kier alpha value is -1.92. The van der Waals surface area contributed by atoms with Crippen molar-refractivity contribution >= 4 is 12.0 Å². The summed E-state index contributed by atoms with van der Waals surface area (Å²) >= 11 is 0. The molecule has 1 aliphatic rings. The van der Waals surface area contributed by atoms with E-state index in [4.69, 9.17) is 0 Å². The Labute approximate surface area is 147 Å². The van der Waals surface area contributed by atoms with Crippen LogP contribution in [0, 0.1) is 0 Å². The van der Waals surface area contributed by atoms with Crippen molar-refractivity contribution in [2.24, 2.45) is 0 Å². The largest absolute Gasteiger partial charge is 0.462 e. The van der Waals surface area contributed by atoms with Gasteiger partial charge in [-0.25, -0.2) is 13.6 Å². The third kappa shape index (κ3) is 3.46. The van der Waals surface area contributed by atoms with Gasteiger partial charge in [-0.1, -0.05) is 0 Å². The fourth-order valence-electron chi connectivity index (χ4n) is 1.72. The zero-order valence-electron chi connectivity index (χ0n) is 12.5. The third-order valence-corrected chi connectivity index (χ3v) is 3.10. The quantitative estimate of drug-likeness (QED) is 0.352. The maximum atomic E-state index is 14.4. The molecule has 19 heteroatoms. The van der Waals surface area contributed by atoms with Crippen molar-refractivity contribution in [3.63, 3.8) is 0 Å². The van der Waals surface area contributed by atoms with E-state index in [1.165, 1.54) is 0 Å². The van der Waals surface area contributed by atoms with Gasteiger partial charge in [0.1, 0.15) is 0 Å². The summed E-state index contributed by atoms with van der Waals surface area (Å²) in [4.78, 5) is 21.1. The summed E-state index contributed by atoms with van der Waals surface area (Å²) in [6.07, 6.45) is -21.0. The van der Waals surface area contributed by atoms with Gasteiger partial charge >= 0.3 is 53.9 Å². The number of cyclic esters (lactones) is 1. The average molecular weight is 468 g/mol. The molecule has 1 fully saturated rings. The maximum Gasteiger partial charge on any atom is 0.462 e. The third-order valence-electron chi connectivity index (χ3n) is 3.10. The molecule has 1 rings (SSSR count). The molecule has 170 valence electrons. The number of carbonyl (C=O) groups is 2. The van der Waals surface area contributed by atoms with E-state index in [9.17, 15) is 71.1 Å². The molecule has 4 atom stereocenters. The molecule has 0 bridgehead atoms. The van der Waals surface area contributed by atoms with E-state index in [0.717, 1.165) is 0 Å². The molecule has 1 saturated heterocycles. The van der Waals surface area contributed by atoms with Crippen molar-refractivity contribution in [1.82, 2.24) is 0 Å².